The molecule has 110 valence electrons. The Balaban J connectivity index is 1.81. The molecule has 0 radical (unpaired) electrons. The van der Waals surface area contributed by atoms with E-state index in [-0.39, 0.29) is 5.92 Å². The molecular weight excluding hydrogens is 377 g/mol. The average Bonchev–Trinajstić information content (AvgIpc) is 2.53. The molecule has 5 heteroatoms. The number of hydrogen-bond acceptors (Lipinski definition) is 4. The molecule has 1 atom stereocenters. The zero-order valence-electron chi connectivity index (χ0n) is 12.0. The zero-order chi connectivity index (χ0) is 14.7. The number of para-hydroxylation sites is 1. The minimum Gasteiger partial charge on any atom is -0.493 e. The van der Waals surface area contributed by atoms with Gasteiger partial charge in [0.2, 0.25) is 0 Å². The van der Waals surface area contributed by atoms with Crippen molar-refractivity contribution in [2.24, 2.45) is 0 Å². The molecule has 1 unspecified atom stereocenters. The highest BCUT2D eigenvalue weighted by molar-refractivity contribution is 14.1. The van der Waals surface area contributed by atoms with E-state index >= 15 is 0 Å². The third-order valence-electron chi connectivity index (χ3n) is 3.55. The van der Waals surface area contributed by atoms with Crippen molar-refractivity contribution in [3.63, 3.8) is 0 Å². The smallest absolute Gasteiger partial charge is 0.143 e. The molecule has 2 aromatic rings. The lowest BCUT2D eigenvalue weighted by atomic mass is 9.96. The van der Waals surface area contributed by atoms with Crippen LogP contribution in [-0.4, -0.2) is 23.1 Å². The van der Waals surface area contributed by atoms with Gasteiger partial charge >= 0.3 is 0 Å². The largest absolute Gasteiger partial charge is 0.493 e. The summed E-state index contributed by atoms with van der Waals surface area (Å²) in [7, 11) is 0. The summed E-state index contributed by atoms with van der Waals surface area (Å²) in [4.78, 5) is 9.20. The van der Waals surface area contributed by atoms with Crippen LogP contribution in [0.25, 0.3) is 0 Å². The van der Waals surface area contributed by atoms with Gasteiger partial charge in [-0.05, 0) is 47.1 Å². The molecular formula is C16H18IN3O. The van der Waals surface area contributed by atoms with Gasteiger partial charge in [0.15, 0.2) is 0 Å². The van der Waals surface area contributed by atoms with Crippen LogP contribution in [0.15, 0.2) is 30.5 Å². The second-order valence-electron chi connectivity index (χ2n) is 5.17. The van der Waals surface area contributed by atoms with Gasteiger partial charge in [0.1, 0.15) is 17.4 Å². The number of hydrogen-bond donors (Lipinski definition) is 1. The minimum absolute atomic E-state index is 0.221. The average molecular weight is 395 g/mol. The maximum Gasteiger partial charge on any atom is 0.143 e. The maximum atomic E-state index is 5.84. The van der Waals surface area contributed by atoms with Crippen LogP contribution >= 0.6 is 22.6 Å². The highest BCUT2D eigenvalue weighted by Gasteiger charge is 2.23. The van der Waals surface area contributed by atoms with Gasteiger partial charge < -0.3 is 10.1 Å². The molecule has 1 aliphatic rings. The number of rotatable bonds is 4. The first kappa shape index (κ1) is 14.6. The number of nitrogens with zero attached hydrogens (tertiary/aromatic N) is 2. The molecule has 21 heavy (non-hydrogen) atoms. The van der Waals surface area contributed by atoms with Crippen molar-refractivity contribution in [2.45, 2.75) is 25.7 Å². The molecule has 2 heterocycles. The van der Waals surface area contributed by atoms with Crippen LogP contribution in [0.5, 0.6) is 5.75 Å². The Morgan fingerprint density at radius 1 is 1.38 bits per heavy atom. The monoisotopic (exact) mass is 395 g/mol. The molecule has 0 spiro atoms. The van der Waals surface area contributed by atoms with Gasteiger partial charge in [-0.3, -0.25) is 0 Å². The third-order valence-corrected chi connectivity index (χ3v) is 4.34. The summed E-state index contributed by atoms with van der Waals surface area (Å²) in [6.45, 7) is 3.72. The summed E-state index contributed by atoms with van der Waals surface area (Å²) < 4.78 is 6.90. The number of aromatic nitrogens is 2. The Hall–Kier alpha value is -1.37. The normalized spacial score (nSPS) is 17.0. The van der Waals surface area contributed by atoms with Crippen LogP contribution in [0.1, 0.15) is 30.7 Å². The number of halogens is 1. The van der Waals surface area contributed by atoms with Gasteiger partial charge in [-0.2, -0.15) is 0 Å². The predicted octanol–water partition coefficient (Wildman–Crippen LogP) is 3.62. The van der Waals surface area contributed by atoms with Crippen molar-refractivity contribution in [2.75, 3.05) is 18.5 Å². The predicted molar refractivity (Wildman–Crippen MR) is 91.9 cm³/mol. The van der Waals surface area contributed by atoms with E-state index in [4.69, 9.17) is 9.72 Å². The van der Waals surface area contributed by atoms with E-state index in [0.29, 0.717) is 6.61 Å². The Kier molecular flexibility index (Phi) is 4.57. The molecule has 1 aromatic carbocycles. The highest BCUT2D eigenvalue weighted by Crippen LogP contribution is 2.31. The number of anilines is 1. The van der Waals surface area contributed by atoms with Gasteiger partial charge in [0, 0.05) is 12.7 Å². The first-order valence-electron chi connectivity index (χ1n) is 7.25. The lowest BCUT2D eigenvalue weighted by Gasteiger charge is -2.24. The van der Waals surface area contributed by atoms with Crippen LogP contribution in [0.4, 0.5) is 5.82 Å². The molecule has 0 bridgehead atoms. The van der Waals surface area contributed by atoms with Gasteiger partial charge in [-0.15, -0.1) is 0 Å². The Morgan fingerprint density at radius 3 is 3.10 bits per heavy atom. The topological polar surface area (TPSA) is 47.0 Å². The van der Waals surface area contributed by atoms with Crippen molar-refractivity contribution >= 4 is 28.4 Å². The minimum atomic E-state index is 0.221. The fourth-order valence-electron chi connectivity index (χ4n) is 2.44. The third kappa shape index (κ3) is 3.28. The summed E-state index contributed by atoms with van der Waals surface area (Å²) >= 11 is 2.27. The number of ether oxygens (including phenoxy) is 1. The lowest BCUT2D eigenvalue weighted by molar-refractivity contribution is 0.257. The van der Waals surface area contributed by atoms with E-state index in [1.165, 1.54) is 5.56 Å². The highest BCUT2D eigenvalue weighted by atomic mass is 127. The van der Waals surface area contributed by atoms with Gasteiger partial charge in [0.05, 0.1) is 16.1 Å². The Bertz CT molecular complexity index is 633. The quantitative estimate of drug-likeness (QED) is 0.804. The summed E-state index contributed by atoms with van der Waals surface area (Å²) in [5.41, 5.74) is 1.24. The molecule has 0 amide bonds. The molecule has 3 rings (SSSR count). The fourth-order valence-corrected chi connectivity index (χ4v) is 2.89. The SMILES string of the molecule is CCCNc1nc(C2COc3ccccc3C2)ncc1I. The van der Waals surface area contributed by atoms with E-state index < -0.39 is 0 Å². The number of nitrogens with one attached hydrogen (secondary N) is 1. The van der Waals surface area contributed by atoms with Gasteiger partial charge in [-0.1, -0.05) is 25.1 Å². The van der Waals surface area contributed by atoms with Crippen LogP contribution in [0.3, 0.4) is 0 Å². The van der Waals surface area contributed by atoms with E-state index in [1.54, 1.807) is 0 Å². The van der Waals surface area contributed by atoms with Crippen LogP contribution in [0.2, 0.25) is 0 Å². The van der Waals surface area contributed by atoms with Gasteiger partial charge in [0.25, 0.3) is 0 Å². The fraction of sp³-hybridized carbons (Fsp3) is 0.375. The van der Waals surface area contributed by atoms with Crippen LogP contribution < -0.4 is 10.1 Å². The van der Waals surface area contributed by atoms with Crippen LogP contribution in [0, 0.1) is 3.57 Å². The van der Waals surface area contributed by atoms with Crippen molar-refractivity contribution < 1.29 is 4.74 Å². The second kappa shape index (κ2) is 6.60. The standard InChI is InChI=1S/C16H18IN3O/c1-2-7-18-16-13(17)9-19-15(20-16)12-8-11-5-3-4-6-14(11)21-10-12/h3-6,9,12H,2,7-8,10H2,1H3,(H,18,19,20). The molecule has 0 fully saturated rings. The van der Waals surface area contributed by atoms with Crippen molar-refractivity contribution in [3.8, 4) is 5.75 Å². The molecule has 0 saturated heterocycles. The lowest BCUT2D eigenvalue weighted by Crippen LogP contribution is -2.21. The van der Waals surface area contributed by atoms with Crippen molar-refractivity contribution in [1.29, 1.82) is 0 Å². The number of benzene rings is 1. The summed E-state index contributed by atoms with van der Waals surface area (Å²) in [5.74, 6) is 3.01. The van der Waals surface area contributed by atoms with E-state index in [2.05, 4.69) is 45.9 Å². The van der Waals surface area contributed by atoms with E-state index in [1.807, 2.05) is 24.4 Å². The van der Waals surface area contributed by atoms with E-state index in [9.17, 15) is 0 Å². The molecule has 0 aliphatic carbocycles. The number of fused-ring (bicyclic) bond motifs is 1. The molecule has 1 aromatic heterocycles. The van der Waals surface area contributed by atoms with Crippen molar-refractivity contribution in [1.82, 2.24) is 9.97 Å². The molecule has 4 nitrogen and oxygen atoms in total. The second-order valence-corrected chi connectivity index (χ2v) is 6.33. The maximum absolute atomic E-state index is 5.84. The Morgan fingerprint density at radius 2 is 2.24 bits per heavy atom. The first-order valence-corrected chi connectivity index (χ1v) is 8.32. The van der Waals surface area contributed by atoms with Crippen molar-refractivity contribution in [3.05, 3.63) is 45.4 Å². The van der Waals surface area contributed by atoms with Gasteiger partial charge in [-0.25, -0.2) is 9.97 Å². The van der Waals surface area contributed by atoms with E-state index in [0.717, 1.165) is 40.3 Å². The summed E-state index contributed by atoms with van der Waals surface area (Å²) in [5, 5.41) is 3.36. The Labute approximate surface area is 138 Å². The summed E-state index contributed by atoms with van der Waals surface area (Å²) in [6.07, 6.45) is 3.90. The molecule has 1 aliphatic heterocycles. The zero-order valence-corrected chi connectivity index (χ0v) is 14.1. The van der Waals surface area contributed by atoms with Crippen LogP contribution in [-0.2, 0) is 6.42 Å². The molecule has 1 N–H and O–H groups in total. The molecule has 0 saturated carbocycles. The summed E-state index contributed by atoms with van der Waals surface area (Å²) in [6, 6.07) is 8.19. The first-order chi connectivity index (χ1) is 10.3.